The van der Waals surface area contributed by atoms with Crippen molar-refractivity contribution in [1.29, 1.82) is 0 Å². The monoisotopic (exact) mass is 254 g/mol. The van der Waals surface area contributed by atoms with E-state index in [0.29, 0.717) is 6.04 Å². The first kappa shape index (κ1) is 16.0. The molecular weight excluding hydrogens is 220 g/mol. The molecule has 1 aliphatic rings. The van der Waals surface area contributed by atoms with E-state index in [0.717, 1.165) is 18.5 Å². The highest BCUT2D eigenvalue weighted by molar-refractivity contribution is 4.84. The molecule has 1 N–H and O–H groups in total. The third-order valence-electron chi connectivity index (χ3n) is 3.94. The first-order valence-electron chi connectivity index (χ1n) is 8.11. The van der Waals surface area contributed by atoms with E-state index in [4.69, 9.17) is 0 Å². The summed E-state index contributed by atoms with van der Waals surface area (Å²) in [5.74, 6) is 0.847. The zero-order valence-electron chi connectivity index (χ0n) is 13.0. The molecule has 0 aromatic heterocycles. The Balaban J connectivity index is 2.06. The van der Waals surface area contributed by atoms with Crippen molar-refractivity contribution in [3.63, 3.8) is 0 Å². The minimum absolute atomic E-state index is 0.694. The second kappa shape index (κ2) is 8.92. The van der Waals surface area contributed by atoms with Crippen LogP contribution in [0.25, 0.3) is 0 Å². The fraction of sp³-hybridized carbons (Fsp3) is 1.00. The average Bonchev–Trinajstić information content (AvgIpc) is 3.12. The van der Waals surface area contributed by atoms with Gasteiger partial charge >= 0.3 is 0 Å². The van der Waals surface area contributed by atoms with Crippen LogP contribution in [0, 0.1) is 5.92 Å². The third-order valence-corrected chi connectivity index (χ3v) is 3.94. The van der Waals surface area contributed by atoms with Crippen molar-refractivity contribution in [2.24, 2.45) is 5.92 Å². The van der Waals surface area contributed by atoms with Gasteiger partial charge in [-0.2, -0.15) is 0 Å². The van der Waals surface area contributed by atoms with Crippen molar-refractivity contribution in [3.8, 4) is 0 Å². The summed E-state index contributed by atoms with van der Waals surface area (Å²) in [5, 5.41) is 3.50. The van der Waals surface area contributed by atoms with Crippen molar-refractivity contribution in [2.45, 2.75) is 78.3 Å². The zero-order chi connectivity index (χ0) is 13.4. The van der Waals surface area contributed by atoms with E-state index >= 15 is 0 Å². The fourth-order valence-corrected chi connectivity index (χ4v) is 2.56. The molecule has 0 aromatic rings. The molecule has 108 valence electrons. The molecule has 0 spiro atoms. The molecule has 1 rings (SSSR count). The lowest BCUT2D eigenvalue weighted by molar-refractivity contribution is 0.241. The van der Waals surface area contributed by atoms with Gasteiger partial charge in [-0.05, 0) is 64.6 Å². The first-order chi connectivity index (χ1) is 8.63. The van der Waals surface area contributed by atoms with Crippen molar-refractivity contribution in [2.75, 3.05) is 19.6 Å². The van der Waals surface area contributed by atoms with Crippen molar-refractivity contribution < 1.29 is 0 Å². The van der Waals surface area contributed by atoms with E-state index < -0.39 is 0 Å². The summed E-state index contributed by atoms with van der Waals surface area (Å²) in [6.45, 7) is 12.9. The molecule has 0 amide bonds. The van der Waals surface area contributed by atoms with Crippen molar-refractivity contribution >= 4 is 0 Å². The van der Waals surface area contributed by atoms with E-state index in [2.05, 4.69) is 37.9 Å². The summed E-state index contributed by atoms with van der Waals surface area (Å²) in [6.07, 6.45) is 8.35. The summed E-state index contributed by atoms with van der Waals surface area (Å²) in [6, 6.07) is 1.63. The summed E-state index contributed by atoms with van der Waals surface area (Å²) < 4.78 is 0. The molecule has 1 unspecified atom stereocenters. The molecule has 0 radical (unpaired) electrons. The Morgan fingerprint density at radius 3 is 2.33 bits per heavy atom. The predicted molar refractivity (Wildman–Crippen MR) is 81.0 cm³/mol. The van der Waals surface area contributed by atoms with Gasteiger partial charge in [0.25, 0.3) is 0 Å². The highest BCUT2D eigenvalue weighted by Gasteiger charge is 2.28. The van der Waals surface area contributed by atoms with Crippen LogP contribution in [0.3, 0.4) is 0 Å². The van der Waals surface area contributed by atoms with E-state index in [1.165, 1.54) is 51.6 Å². The smallest absolute Gasteiger partial charge is 0.00964 e. The number of hydrogen-bond donors (Lipinski definition) is 1. The Morgan fingerprint density at radius 1 is 1.06 bits per heavy atom. The van der Waals surface area contributed by atoms with Crippen LogP contribution < -0.4 is 5.32 Å². The van der Waals surface area contributed by atoms with Gasteiger partial charge < -0.3 is 10.2 Å². The predicted octanol–water partition coefficient (Wildman–Crippen LogP) is 3.67. The van der Waals surface area contributed by atoms with Gasteiger partial charge in [-0.25, -0.2) is 0 Å². The van der Waals surface area contributed by atoms with Gasteiger partial charge in [0.15, 0.2) is 0 Å². The molecule has 1 saturated carbocycles. The zero-order valence-corrected chi connectivity index (χ0v) is 13.0. The standard InChI is InChI=1S/C16H34N2/c1-5-17-15(4)8-6-7-12-18(16-9-10-16)13-11-14(2)3/h14-17H,5-13H2,1-4H3. The van der Waals surface area contributed by atoms with Gasteiger partial charge in [0.05, 0.1) is 0 Å². The van der Waals surface area contributed by atoms with Gasteiger partial charge in [0, 0.05) is 12.1 Å². The number of nitrogens with zero attached hydrogens (tertiary/aromatic N) is 1. The Labute approximate surface area is 115 Å². The molecule has 2 nitrogen and oxygen atoms in total. The molecule has 0 aromatic carbocycles. The maximum absolute atomic E-state index is 3.50. The Hall–Kier alpha value is -0.0800. The minimum Gasteiger partial charge on any atom is -0.315 e. The van der Waals surface area contributed by atoms with E-state index in [1.807, 2.05) is 0 Å². The maximum Gasteiger partial charge on any atom is 0.00964 e. The van der Waals surface area contributed by atoms with Crippen LogP contribution in [0.4, 0.5) is 0 Å². The van der Waals surface area contributed by atoms with Gasteiger partial charge in [-0.1, -0.05) is 27.2 Å². The molecule has 18 heavy (non-hydrogen) atoms. The fourth-order valence-electron chi connectivity index (χ4n) is 2.56. The lowest BCUT2D eigenvalue weighted by atomic mass is 10.1. The van der Waals surface area contributed by atoms with Crippen LogP contribution in [0.15, 0.2) is 0 Å². The first-order valence-corrected chi connectivity index (χ1v) is 8.11. The van der Waals surface area contributed by atoms with Crippen LogP contribution in [0.5, 0.6) is 0 Å². The Morgan fingerprint density at radius 2 is 1.78 bits per heavy atom. The summed E-state index contributed by atoms with van der Waals surface area (Å²) in [4.78, 5) is 2.75. The van der Waals surface area contributed by atoms with Crippen LogP contribution in [0.1, 0.15) is 66.2 Å². The quantitative estimate of drug-likeness (QED) is 0.566. The number of rotatable bonds is 11. The van der Waals surface area contributed by atoms with Gasteiger partial charge in [0.1, 0.15) is 0 Å². The van der Waals surface area contributed by atoms with Crippen molar-refractivity contribution in [3.05, 3.63) is 0 Å². The Kier molecular flexibility index (Phi) is 7.92. The molecule has 0 heterocycles. The molecule has 0 saturated heterocycles. The number of unbranched alkanes of at least 4 members (excludes halogenated alkanes) is 1. The summed E-state index contributed by atoms with van der Waals surface area (Å²) in [5.41, 5.74) is 0. The molecule has 1 aliphatic carbocycles. The van der Waals surface area contributed by atoms with Crippen molar-refractivity contribution in [1.82, 2.24) is 10.2 Å². The van der Waals surface area contributed by atoms with Gasteiger partial charge in [-0.3, -0.25) is 0 Å². The lowest BCUT2D eigenvalue weighted by Gasteiger charge is -2.23. The highest BCUT2D eigenvalue weighted by Crippen LogP contribution is 2.27. The lowest BCUT2D eigenvalue weighted by Crippen LogP contribution is -2.30. The summed E-state index contributed by atoms with van der Waals surface area (Å²) in [7, 11) is 0. The molecule has 2 heteroatoms. The molecule has 1 fully saturated rings. The average molecular weight is 254 g/mol. The van der Waals surface area contributed by atoms with E-state index in [-0.39, 0.29) is 0 Å². The van der Waals surface area contributed by atoms with Crippen LogP contribution in [-0.4, -0.2) is 36.6 Å². The molecule has 0 bridgehead atoms. The molecule has 0 aliphatic heterocycles. The van der Waals surface area contributed by atoms with Gasteiger partial charge in [-0.15, -0.1) is 0 Å². The molecular formula is C16H34N2. The SMILES string of the molecule is CCNC(C)CCCCN(CCC(C)C)C1CC1. The highest BCUT2D eigenvalue weighted by atomic mass is 15.2. The number of hydrogen-bond acceptors (Lipinski definition) is 2. The topological polar surface area (TPSA) is 15.3 Å². The normalized spacial score (nSPS) is 17.7. The summed E-state index contributed by atoms with van der Waals surface area (Å²) >= 11 is 0. The second-order valence-corrected chi connectivity index (χ2v) is 6.40. The van der Waals surface area contributed by atoms with Crippen LogP contribution >= 0.6 is 0 Å². The second-order valence-electron chi connectivity index (χ2n) is 6.40. The maximum atomic E-state index is 3.50. The molecule has 1 atom stereocenters. The largest absolute Gasteiger partial charge is 0.315 e. The minimum atomic E-state index is 0.694. The van der Waals surface area contributed by atoms with E-state index in [1.54, 1.807) is 0 Å². The third kappa shape index (κ3) is 7.38. The number of nitrogens with one attached hydrogen (secondary N) is 1. The van der Waals surface area contributed by atoms with E-state index in [9.17, 15) is 0 Å². The van der Waals surface area contributed by atoms with Gasteiger partial charge in [0.2, 0.25) is 0 Å². The van der Waals surface area contributed by atoms with Crippen LogP contribution in [0.2, 0.25) is 0 Å². The Bertz CT molecular complexity index is 199. The van der Waals surface area contributed by atoms with Crippen LogP contribution in [-0.2, 0) is 0 Å².